The SMILES string of the molecule is Cc1ccc(Cl)cc1NC1=C(c2cccs2)C(=O)N(Cc2ccccn2)C1=O. The molecular formula is C21H16ClN3O2S. The fourth-order valence-corrected chi connectivity index (χ4v) is 3.94. The van der Waals surface area contributed by atoms with Gasteiger partial charge in [0.1, 0.15) is 5.70 Å². The normalized spacial score (nSPS) is 14.1. The first kappa shape index (κ1) is 18.4. The maximum atomic E-state index is 13.2. The number of halogens is 1. The van der Waals surface area contributed by atoms with Crippen molar-refractivity contribution in [1.82, 2.24) is 9.88 Å². The molecular weight excluding hydrogens is 394 g/mol. The Morgan fingerprint density at radius 1 is 1.11 bits per heavy atom. The first-order valence-corrected chi connectivity index (χ1v) is 9.88. The van der Waals surface area contributed by atoms with E-state index in [0.717, 1.165) is 10.4 Å². The molecule has 7 heteroatoms. The van der Waals surface area contributed by atoms with Gasteiger partial charge in [-0.2, -0.15) is 0 Å². The van der Waals surface area contributed by atoms with Gasteiger partial charge in [0.15, 0.2) is 0 Å². The molecule has 0 saturated carbocycles. The lowest BCUT2D eigenvalue weighted by atomic mass is 10.1. The van der Waals surface area contributed by atoms with Crippen LogP contribution in [-0.2, 0) is 16.1 Å². The zero-order valence-corrected chi connectivity index (χ0v) is 16.6. The molecule has 3 heterocycles. The molecule has 0 bridgehead atoms. The molecule has 0 atom stereocenters. The smallest absolute Gasteiger partial charge is 0.278 e. The summed E-state index contributed by atoms with van der Waals surface area (Å²) in [7, 11) is 0. The van der Waals surface area contributed by atoms with Crippen molar-refractivity contribution < 1.29 is 9.59 Å². The average Bonchev–Trinajstić information content (AvgIpc) is 3.29. The average molecular weight is 410 g/mol. The third-order valence-corrected chi connectivity index (χ3v) is 5.56. The Kier molecular flexibility index (Phi) is 4.98. The van der Waals surface area contributed by atoms with E-state index in [0.29, 0.717) is 22.0 Å². The number of nitrogens with one attached hydrogen (secondary N) is 1. The van der Waals surface area contributed by atoms with Gasteiger partial charge in [-0.25, -0.2) is 0 Å². The number of hydrogen-bond donors (Lipinski definition) is 1. The summed E-state index contributed by atoms with van der Waals surface area (Å²) in [4.78, 5) is 32.5. The molecule has 0 saturated heterocycles. The van der Waals surface area contributed by atoms with Gasteiger partial charge in [0.05, 0.1) is 17.8 Å². The summed E-state index contributed by atoms with van der Waals surface area (Å²) >= 11 is 7.53. The molecule has 2 aromatic heterocycles. The van der Waals surface area contributed by atoms with Gasteiger partial charge < -0.3 is 5.32 Å². The summed E-state index contributed by atoms with van der Waals surface area (Å²) < 4.78 is 0. The molecule has 0 radical (unpaired) electrons. The van der Waals surface area contributed by atoms with Crippen molar-refractivity contribution in [2.75, 3.05) is 5.32 Å². The monoisotopic (exact) mass is 409 g/mol. The Balaban J connectivity index is 1.74. The first-order valence-electron chi connectivity index (χ1n) is 8.62. The summed E-state index contributed by atoms with van der Waals surface area (Å²) in [6.07, 6.45) is 1.64. The standard InChI is InChI=1S/C21H16ClN3O2S/c1-13-7-8-14(22)11-16(13)24-19-18(17-6-4-10-28-17)20(26)25(21(19)27)12-15-5-2-3-9-23-15/h2-11,24H,12H2,1H3. The van der Waals surface area contributed by atoms with Gasteiger partial charge >= 0.3 is 0 Å². The van der Waals surface area contributed by atoms with Crippen LogP contribution in [0.2, 0.25) is 5.02 Å². The topological polar surface area (TPSA) is 62.3 Å². The quantitative estimate of drug-likeness (QED) is 0.630. The van der Waals surface area contributed by atoms with Crippen molar-refractivity contribution in [3.05, 3.63) is 87.0 Å². The van der Waals surface area contributed by atoms with Gasteiger partial charge in [0.25, 0.3) is 11.8 Å². The number of amides is 2. The number of rotatable bonds is 5. The van der Waals surface area contributed by atoms with Crippen LogP contribution >= 0.6 is 22.9 Å². The minimum Gasteiger partial charge on any atom is -0.350 e. The molecule has 1 aromatic carbocycles. The van der Waals surface area contributed by atoms with Gasteiger partial charge in [-0.3, -0.25) is 19.5 Å². The molecule has 0 spiro atoms. The Morgan fingerprint density at radius 3 is 2.68 bits per heavy atom. The lowest BCUT2D eigenvalue weighted by Gasteiger charge is -2.15. The van der Waals surface area contributed by atoms with E-state index in [-0.39, 0.29) is 24.1 Å². The fourth-order valence-electron chi connectivity index (χ4n) is 3.00. The summed E-state index contributed by atoms with van der Waals surface area (Å²) in [6, 6.07) is 14.5. The summed E-state index contributed by atoms with van der Waals surface area (Å²) in [6.45, 7) is 2.03. The predicted octanol–water partition coefficient (Wildman–Crippen LogP) is 4.50. The van der Waals surface area contributed by atoms with E-state index in [9.17, 15) is 9.59 Å². The zero-order valence-electron chi connectivity index (χ0n) is 15.0. The summed E-state index contributed by atoms with van der Waals surface area (Å²) in [5.74, 6) is -0.710. The summed E-state index contributed by atoms with van der Waals surface area (Å²) in [5, 5.41) is 5.58. The van der Waals surface area contributed by atoms with E-state index in [1.165, 1.54) is 16.2 Å². The lowest BCUT2D eigenvalue weighted by Crippen LogP contribution is -2.32. The maximum absolute atomic E-state index is 13.2. The highest BCUT2D eigenvalue weighted by molar-refractivity contribution is 7.11. The van der Waals surface area contributed by atoms with Crippen LogP contribution in [0, 0.1) is 6.92 Å². The third kappa shape index (κ3) is 3.44. The molecule has 140 valence electrons. The highest BCUT2D eigenvalue weighted by Crippen LogP contribution is 2.34. The van der Waals surface area contributed by atoms with Crippen molar-refractivity contribution in [3.8, 4) is 0 Å². The van der Waals surface area contributed by atoms with Gasteiger partial charge in [0, 0.05) is 21.8 Å². The number of aryl methyl sites for hydroxylation is 1. The minimum atomic E-state index is -0.376. The Hall–Kier alpha value is -2.96. The molecule has 0 aliphatic carbocycles. The van der Waals surface area contributed by atoms with Crippen LogP contribution in [0.5, 0.6) is 0 Å². The molecule has 4 rings (SSSR count). The molecule has 2 amide bonds. The van der Waals surface area contributed by atoms with Gasteiger partial charge in [-0.05, 0) is 48.2 Å². The minimum absolute atomic E-state index is 0.118. The zero-order chi connectivity index (χ0) is 19.7. The molecule has 3 aromatic rings. The van der Waals surface area contributed by atoms with Gasteiger partial charge in [-0.15, -0.1) is 11.3 Å². The number of thiophene rings is 1. The number of carbonyl (C=O) groups is 2. The number of carbonyl (C=O) groups excluding carboxylic acids is 2. The lowest BCUT2D eigenvalue weighted by molar-refractivity contribution is -0.137. The predicted molar refractivity (Wildman–Crippen MR) is 111 cm³/mol. The number of pyridine rings is 1. The van der Waals surface area contributed by atoms with Crippen LogP contribution in [0.3, 0.4) is 0 Å². The van der Waals surface area contributed by atoms with Crippen LogP contribution in [0.25, 0.3) is 5.57 Å². The second-order valence-corrected chi connectivity index (χ2v) is 7.71. The van der Waals surface area contributed by atoms with Crippen molar-refractivity contribution >= 4 is 46.0 Å². The van der Waals surface area contributed by atoms with Crippen molar-refractivity contribution in [3.63, 3.8) is 0 Å². The number of benzene rings is 1. The number of anilines is 1. The second kappa shape index (κ2) is 7.58. The third-order valence-electron chi connectivity index (χ3n) is 4.44. The Morgan fingerprint density at radius 2 is 1.96 bits per heavy atom. The molecule has 1 aliphatic heterocycles. The molecule has 1 N–H and O–H groups in total. The highest BCUT2D eigenvalue weighted by Gasteiger charge is 2.40. The van der Waals surface area contributed by atoms with Crippen LogP contribution < -0.4 is 5.32 Å². The van der Waals surface area contributed by atoms with E-state index < -0.39 is 0 Å². The number of imide groups is 1. The maximum Gasteiger partial charge on any atom is 0.278 e. The van der Waals surface area contributed by atoms with Crippen LogP contribution in [-0.4, -0.2) is 21.7 Å². The van der Waals surface area contributed by atoms with Crippen LogP contribution in [0.4, 0.5) is 5.69 Å². The van der Waals surface area contributed by atoms with Crippen molar-refractivity contribution in [2.45, 2.75) is 13.5 Å². The first-order chi connectivity index (χ1) is 13.5. The van der Waals surface area contributed by atoms with Crippen molar-refractivity contribution in [2.24, 2.45) is 0 Å². The number of hydrogen-bond acceptors (Lipinski definition) is 5. The van der Waals surface area contributed by atoms with E-state index in [1.807, 2.05) is 36.6 Å². The van der Waals surface area contributed by atoms with Crippen LogP contribution in [0.15, 0.2) is 65.8 Å². The van der Waals surface area contributed by atoms with Gasteiger partial charge in [-0.1, -0.05) is 29.8 Å². The van der Waals surface area contributed by atoms with Gasteiger partial charge in [0.2, 0.25) is 0 Å². The number of aromatic nitrogens is 1. The van der Waals surface area contributed by atoms with E-state index in [2.05, 4.69) is 10.3 Å². The van der Waals surface area contributed by atoms with E-state index in [1.54, 1.807) is 30.5 Å². The van der Waals surface area contributed by atoms with Crippen LogP contribution in [0.1, 0.15) is 16.1 Å². The van der Waals surface area contributed by atoms with E-state index >= 15 is 0 Å². The Bertz CT molecular complexity index is 1080. The molecule has 1 aliphatic rings. The summed E-state index contributed by atoms with van der Waals surface area (Å²) in [5.41, 5.74) is 2.89. The van der Waals surface area contributed by atoms with E-state index in [4.69, 9.17) is 11.6 Å². The Labute approximate surface area is 171 Å². The molecule has 0 unspecified atom stereocenters. The highest BCUT2D eigenvalue weighted by atomic mass is 35.5. The number of nitrogens with zero attached hydrogens (tertiary/aromatic N) is 2. The molecule has 28 heavy (non-hydrogen) atoms. The fraction of sp³-hybridized carbons (Fsp3) is 0.0952. The second-order valence-electron chi connectivity index (χ2n) is 6.33. The largest absolute Gasteiger partial charge is 0.350 e. The molecule has 5 nitrogen and oxygen atoms in total. The van der Waals surface area contributed by atoms with Crippen molar-refractivity contribution in [1.29, 1.82) is 0 Å². The molecule has 0 fully saturated rings.